The van der Waals surface area contributed by atoms with E-state index in [9.17, 15) is 17.2 Å². The highest BCUT2D eigenvalue weighted by atomic mass is 35.5. The average molecular weight is 429 g/mol. The number of benzene rings is 2. The van der Waals surface area contributed by atoms with Crippen molar-refractivity contribution in [2.75, 3.05) is 16.4 Å². The minimum Gasteiger partial charge on any atom is -0.314 e. The van der Waals surface area contributed by atoms with E-state index in [1.165, 1.54) is 30.0 Å². The molecule has 9 heteroatoms. The van der Waals surface area contributed by atoms with Gasteiger partial charge in [-0.25, -0.2) is 17.2 Å². The number of anilines is 1. The Labute approximate surface area is 165 Å². The van der Waals surface area contributed by atoms with Crippen molar-refractivity contribution in [1.29, 1.82) is 0 Å². The zero-order valence-corrected chi connectivity index (χ0v) is 16.4. The lowest BCUT2D eigenvalue weighted by molar-refractivity contribution is 0.601. The van der Waals surface area contributed by atoms with Gasteiger partial charge in [0, 0.05) is 15.8 Å². The number of para-hydroxylation sites is 1. The fraction of sp³-hybridized carbons (Fsp3) is 0.278. The van der Waals surface area contributed by atoms with Crippen LogP contribution in [0, 0.1) is 11.6 Å². The van der Waals surface area contributed by atoms with Gasteiger partial charge in [-0.2, -0.15) is 0 Å². The summed E-state index contributed by atoms with van der Waals surface area (Å²) in [5.41, 5.74) is 0.473. The Hall–Kier alpha value is -1.64. The quantitative estimate of drug-likeness (QED) is 0.744. The summed E-state index contributed by atoms with van der Waals surface area (Å²) in [5, 5.41) is 0.516. The van der Waals surface area contributed by atoms with Crippen molar-refractivity contribution in [2.45, 2.75) is 17.8 Å². The van der Waals surface area contributed by atoms with E-state index in [-0.39, 0.29) is 45.6 Å². The van der Waals surface area contributed by atoms with E-state index in [2.05, 4.69) is 4.99 Å². The summed E-state index contributed by atoms with van der Waals surface area (Å²) in [6.45, 7) is -0.00946. The van der Waals surface area contributed by atoms with E-state index < -0.39 is 21.5 Å². The molecule has 0 amide bonds. The second kappa shape index (κ2) is 7.07. The van der Waals surface area contributed by atoms with Gasteiger partial charge in [-0.3, -0.25) is 4.99 Å². The van der Waals surface area contributed by atoms with Crippen LogP contribution in [-0.4, -0.2) is 36.4 Å². The first-order chi connectivity index (χ1) is 12.8. The summed E-state index contributed by atoms with van der Waals surface area (Å²) in [4.78, 5) is 6.08. The lowest BCUT2D eigenvalue weighted by atomic mass is 10.2. The Bertz CT molecular complexity index is 1010. The smallest absolute Gasteiger partial charge is 0.164 e. The second-order valence-electron chi connectivity index (χ2n) is 6.45. The summed E-state index contributed by atoms with van der Waals surface area (Å²) in [7, 11) is -3.10. The third-order valence-corrected chi connectivity index (χ3v) is 8.16. The van der Waals surface area contributed by atoms with Crippen LogP contribution in [0.25, 0.3) is 0 Å². The summed E-state index contributed by atoms with van der Waals surface area (Å²) >= 11 is 7.45. The molecule has 4 nitrogen and oxygen atoms in total. The predicted octanol–water partition coefficient (Wildman–Crippen LogP) is 3.89. The van der Waals surface area contributed by atoms with Crippen LogP contribution in [0.1, 0.15) is 5.56 Å². The molecule has 1 fully saturated rings. The molecule has 1 saturated heterocycles. The molecular weight excluding hydrogens is 414 g/mol. The third-order valence-electron chi connectivity index (χ3n) is 4.56. The van der Waals surface area contributed by atoms with E-state index in [1.807, 2.05) is 0 Å². The lowest BCUT2D eigenvalue weighted by Gasteiger charge is -2.25. The molecule has 0 aliphatic carbocycles. The van der Waals surface area contributed by atoms with Crippen LogP contribution in [-0.2, 0) is 16.4 Å². The van der Waals surface area contributed by atoms with Gasteiger partial charge in [-0.05, 0) is 24.3 Å². The highest BCUT2D eigenvalue weighted by molar-refractivity contribution is 8.15. The highest BCUT2D eigenvalue weighted by Crippen LogP contribution is 2.38. The van der Waals surface area contributed by atoms with Crippen LogP contribution >= 0.6 is 23.4 Å². The molecule has 4 rings (SSSR count). The zero-order chi connectivity index (χ0) is 19.2. The number of thioether (sulfide) groups is 1. The molecule has 2 atom stereocenters. The topological polar surface area (TPSA) is 49.7 Å². The molecule has 2 aromatic rings. The molecule has 2 aliphatic heterocycles. The van der Waals surface area contributed by atoms with Gasteiger partial charge < -0.3 is 4.90 Å². The summed E-state index contributed by atoms with van der Waals surface area (Å²) in [6, 6.07) is 10.2. The maximum atomic E-state index is 14.5. The minimum absolute atomic E-state index is 0.00946. The van der Waals surface area contributed by atoms with Gasteiger partial charge in [0.25, 0.3) is 0 Å². The predicted molar refractivity (Wildman–Crippen MR) is 105 cm³/mol. The number of fused-ring (bicyclic) bond motifs is 1. The number of halogens is 3. The number of hydrogen-bond donors (Lipinski definition) is 0. The van der Waals surface area contributed by atoms with Crippen molar-refractivity contribution in [3.05, 3.63) is 64.7 Å². The van der Waals surface area contributed by atoms with Gasteiger partial charge in [0.05, 0.1) is 29.8 Å². The van der Waals surface area contributed by atoms with Crippen molar-refractivity contribution in [3.8, 4) is 0 Å². The normalized spacial score (nSPS) is 23.1. The van der Waals surface area contributed by atoms with Gasteiger partial charge >= 0.3 is 0 Å². The van der Waals surface area contributed by atoms with Crippen molar-refractivity contribution >= 4 is 44.1 Å². The number of amidine groups is 1. The molecule has 0 bridgehead atoms. The van der Waals surface area contributed by atoms with E-state index >= 15 is 0 Å². The largest absolute Gasteiger partial charge is 0.314 e. The number of nitrogens with zero attached hydrogens (tertiary/aromatic N) is 2. The fourth-order valence-electron chi connectivity index (χ4n) is 3.24. The molecule has 0 unspecified atom stereocenters. The molecular formula is C18H15ClF2N2O2S2. The van der Waals surface area contributed by atoms with Crippen LogP contribution in [0.4, 0.5) is 14.5 Å². The van der Waals surface area contributed by atoms with Crippen molar-refractivity contribution < 1.29 is 17.2 Å². The molecule has 0 spiro atoms. The van der Waals surface area contributed by atoms with Gasteiger partial charge in [-0.15, -0.1) is 0 Å². The molecule has 27 heavy (non-hydrogen) atoms. The van der Waals surface area contributed by atoms with Crippen LogP contribution in [0.15, 0.2) is 47.5 Å². The molecule has 0 saturated carbocycles. The van der Waals surface area contributed by atoms with Crippen LogP contribution in [0.2, 0.25) is 5.02 Å². The average Bonchev–Trinajstić information content (AvgIpc) is 3.09. The van der Waals surface area contributed by atoms with E-state index in [1.54, 1.807) is 29.2 Å². The van der Waals surface area contributed by atoms with Crippen molar-refractivity contribution in [1.82, 2.24) is 0 Å². The molecule has 2 heterocycles. The van der Waals surface area contributed by atoms with Gasteiger partial charge in [0.1, 0.15) is 11.6 Å². The van der Waals surface area contributed by atoms with Crippen LogP contribution in [0.3, 0.4) is 0 Å². The minimum atomic E-state index is -3.10. The summed E-state index contributed by atoms with van der Waals surface area (Å²) < 4.78 is 52.4. The molecule has 2 aromatic carbocycles. The first-order valence-corrected chi connectivity index (χ1v) is 11.3. The molecule has 0 aromatic heterocycles. The van der Waals surface area contributed by atoms with E-state index in [4.69, 9.17) is 11.6 Å². The Morgan fingerprint density at radius 1 is 1.11 bits per heavy atom. The number of sulfone groups is 1. The zero-order valence-electron chi connectivity index (χ0n) is 14.0. The fourth-order valence-corrected chi connectivity index (χ4v) is 7.23. The van der Waals surface area contributed by atoms with Gasteiger partial charge in [0.15, 0.2) is 15.0 Å². The van der Waals surface area contributed by atoms with Crippen molar-refractivity contribution in [3.63, 3.8) is 0 Å². The van der Waals surface area contributed by atoms with Crippen LogP contribution < -0.4 is 4.90 Å². The maximum Gasteiger partial charge on any atom is 0.164 e. The first-order valence-electron chi connectivity index (χ1n) is 8.24. The summed E-state index contributed by atoms with van der Waals surface area (Å²) in [5.74, 6) is -0.936. The SMILES string of the molecule is O=S1(=O)C[C@@H]2N=C(N(Cc3c(F)cccc3Cl)c3ccccc3F)S[C@H]2C1. The number of rotatable bonds is 3. The van der Waals surface area contributed by atoms with E-state index in [0.717, 1.165) is 0 Å². The third kappa shape index (κ3) is 3.70. The Morgan fingerprint density at radius 3 is 2.56 bits per heavy atom. The highest BCUT2D eigenvalue weighted by Gasteiger charge is 2.44. The molecule has 0 N–H and O–H groups in total. The number of hydrogen-bond acceptors (Lipinski definition) is 5. The lowest BCUT2D eigenvalue weighted by Crippen LogP contribution is -2.29. The standard InChI is InChI=1S/C18H15ClF2N2O2S2/c19-12-4-3-6-13(20)11(12)8-23(16-7-2-1-5-14(16)21)18-22-15-9-27(24,25)10-17(15)26-18/h1-7,15,17H,8-10H2/t15-,17-/m0/s1. The molecule has 2 aliphatic rings. The first kappa shape index (κ1) is 18.7. The second-order valence-corrected chi connectivity index (χ2v) is 10.2. The van der Waals surface area contributed by atoms with Crippen molar-refractivity contribution in [2.24, 2.45) is 4.99 Å². The van der Waals surface area contributed by atoms with Gasteiger partial charge in [0.2, 0.25) is 0 Å². The summed E-state index contributed by atoms with van der Waals surface area (Å²) in [6.07, 6.45) is 0. The monoisotopic (exact) mass is 428 g/mol. The number of aliphatic imine (C=N–C) groups is 1. The Balaban J connectivity index is 1.73. The maximum absolute atomic E-state index is 14.5. The molecule has 142 valence electrons. The molecule has 0 radical (unpaired) electrons. The Kier molecular flexibility index (Phi) is 4.90. The van der Waals surface area contributed by atoms with Crippen LogP contribution in [0.5, 0.6) is 0 Å². The van der Waals surface area contributed by atoms with E-state index in [0.29, 0.717) is 5.17 Å². The van der Waals surface area contributed by atoms with Gasteiger partial charge in [-0.1, -0.05) is 41.6 Å². The Morgan fingerprint density at radius 2 is 1.85 bits per heavy atom.